The van der Waals surface area contributed by atoms with Crippen molar-refractivity contribution in [2.45, 2.75) is 51.6 Å². The Kier molecular flexibility index (Phi) is 6.74. The standard InChI is InChI=1S/C29H35Cl2N5/c1-18-12-23(13-18)35-11-5-6-20(15-35)21-16-36(17-21)29-33-27-8-4-3-7-25(27)28(34-29)32-19(2)24-10-9-22(30)14-26(24)31/h3-4,7-10,14,18-21,23H,5-6,11-13,15-17H2,1-2H3,(H,32,33,34)/t18?,19-,20+,23?/m1/s1. The van der Waals surface area contributed by atoms with Crippen molar-refractivity contribution >= 4 is 45.9 Å². The molecule has 0 amide bonds. The molecule has 36 heavy (non-hydrogen) atoms. The maximum absolute atomic E-state index is 6.49. The molecule has 0 spiro atoms. The molecule has 6 rings (SSSR count). The highest BCUT2D eigenvalue weighted by atomic mass is 35.5. The zero-order valence-corrected chi connectivity index (χ0v) is 22.6. The molecule has 0 radical (unpaired) electrons. The van der Waals surface area contributed by atoms with E-state index in [1.54, 1.807) is 6.07 Å². The van der Waals surface area contributed by atoms with Gasteiger partial charge in [0.05, 0.1) is 11.6 Å². The number of fused-ring (bicyclic) bond motifs is 1. The maximum Gasteiger partial charge on any atom is 0.227 e. The molecule has 190 valence electrons. The van der Waals surface area contributed by atoms with Crippen LogP contribution < -0.4 is 10.2 Å². The molecule has 1 aromatic heterocycles. The number of anilines is 2. The average molecular weight is 525 g/mol. The van der Waals surface area contributed by atoms with Crippen LogP contribution in [0, 0.1) is 17.8 Å². The smallest absolute Gasteiger partial charge is 0.227 e. The minimum Gasteiger partial charge on any atom is -0.363 e. The van der Waals surface area contributed by atoms with Gasteiger partial charge in [0.2, 0.25) is 5.95 Å². The normalized spacial score (nSPS) is 25.9. The van der Waals surface area contributed by atoms with Gasteiger partial charge in [0, 0.05) is 41.1 Å². The molecule has 0 unspecified atom stereocenters. The third kappa shape index (κ3) is 4.78. The molecule has 1 aliphatic carbocycles. The van der Waals surface area contributed by atoms with Crippen LogP contribution >= 0.6 is 23.2 Å². The minimum absolute atomic E-state index is 0.0208. The average Bonchev–Trinajstić information content (AvgIpc) is 2.81. The molecule has 5 nitrogen and oxygen atoms in total. The Morgan fingerprint density at radius 1 is 1.00 bits per heavy atom. The van der Waals surface area contributed by atoms with Gasteiger partial charge in [0.15, 0.2) is 0 Å². The molecule has 2 atom stereocenters. The maximum atomic E-state index is 6.49. The fourth-order valence-corrected chi connectivity index (χ4v) is 6.91. The first kappa shape index (κ1) is 24.3. The van der Waals surface area contributed by atoms with Crippen LogP contribution in [0.25, 0.3) is 10.9 Å². The number of nitrogens with zero attached hydrogens (tertiary/aromatic N) is 4. The zero-order valence-electron chi connectivity index (χ0n) is 21.1. The molecule has 7 heteroatoms. The topological polar surface area (TPSA) is 44.3 Å². The molecule has 1 saturated carbocycles. The summed E-state index contributed by atoms with van der Waals surface area (Å²) in [5.41, 5.74) is 1.96. The summed E-state index contributed by atoms with van der Waals surface area (Å²) < 4.78 is 0. The second-order valence-corrected chi connectivity index (χ2v) is 12.1. The van der Waals surface area contributed by atoms with E-state index < -0.39 is 0 Å². The molecule has 2 aromatic carbocycles. The lowest BCUT2D eigenvalue weighted by atomic mass is 9.76. The Balaban J connectivity index is 1.17. The van der Waals surface area contributed by atoms with Crippen molar-refractivity contribution in [3.63, 3.8) is 0 Å². The van der Waals surface area contributed by atoms with Crippen LogP contribution in [0.1, 0.15) is 51.1 Å². The molecule has 3 aromatic rings. The van der Waals surface area contributed by atoms with E-state index in [2.05, 4.69) is 41.1 Å². The van der Waals surface area contributed by atoms with Crippen molar-refractivity contribution < 1.29 is 0 Å². The number of nitrogens with one attached hydrogen (secondary N) is 1. The highest BCUT2D eigenvalue weighted by Gasteiger charge is 2.40. The quantitative estimate of drug-likeness (QED) is 0.374. The first-order valence-electron chi connectivity index (χ1n) is 13.4. The molecule has 2 aliphatic heterocycles. The highest BCUT2D eigenvalue weighted by Crippen LogP contribution is 2.38. The van der Waals surface area contributed by atoms with Gasteiger partial charge in [-0.05, 0) is 86.7 Å². The number of rotatable bonds is 6. The van der Waals surface area contributed by atoms with Crippen molar-refractivity contribution in [2.24, 2.45) is 17.8 Å². The van der Waals surface area contributed by atoms with E-state index >= 15 is 0 Å². The Labute approximate surface area is 224 Å². The van der Waals surface area contributed by atoms with Crippen LogP contribution in [0.3, 0.4) is 0 Å². The van der Waals surface area contributed by atoms with Crippen molar-refractivity contribution in [1.82, 2.24) is 14.9 Å². The Bertz CT molecular complexity index is 1240. The van der Waals surface area contributed by atoms with E-state index in [4.69, 9.17) is 33.2 Å². The molecule has 3 fully saturated rings. The monoisotopic (exact) mass is 523 g/mol. The van der Waals surface area contributed by atoms with Crippen LogP contribution in [-0.4, -0.2) is 47.1 Å². The van der Waals surface area contributed by atoms with Crippen molar-refractivity contribution in [3.05, 3.63) is 58.1 Å². The fraction of sp³-hybridized carbons (Fsp3) is 0.517. The van der Waals surface area contributed by atoms with E-state index in [1.807, 2.05) is 24.3 Å². The predicted octanol–water partition coefficient (Wildman–Crippen LogP) is 7.06. The molecular weight excluding hydrogens is 489 g/mol. The van der Waals surface area contributed by atoms with Crippen molar-refractivity contribution in [3.8, 4) is 0 Å². The SMILES string of the molecule is CC1CC(N2CCC[C@H](C3CN(c4nc(N[C@H](C)c5ccc(Cl)cc5Cl)c5ccccc5n4)C3)C2)C1. The van der Waals surface area contributed by atoms with E-state index in [0.717, 1.165) is 65.1 Å². The van der Waals surface area contributed by atoms with Crippen molar-refractivity contribution in [1.29, 1.82) is 0 Å². The summed E-state index contributed by atoms with van der Waals surface area (Å²) >= 11 is 12.6. The van der Waals surface area contributed by atoms with Crippen LogP contribution in [0.4, 0.5) is 11.8 Å². The number of hydrogen-bond donors (Lipinski definition) is 1. The number of halogens is 2. The van der Waals surface area contributed by atoms with Gasteiger partial charge >= 0.3 is 0 Å². The van der Waals surface area contributed by atoms with E-state index in [-0.39, 0.29) is 6.04 Å². The van der Waals surface area contributed by atoms with Gasteiger partial charge in [-0.25, -0.2) is 4.98 Å². The lowest BCUT2D eigenvalue weighted by Crippen LogP contribution is -2.56. The highest BCUT2D eigenvalue weighted by molar-refractivity contribution is 6.35. The number of benzene rings is 2. The Hall–Kier alpha value is -2.08. The number of piperidine rings is 1. The number of hydrogen-bond acceptors (Lipinski definition) is 5. The van der Waals surface area contributed by atoms with Crippen LogP contribution in [0.5, 0.6) is 0 Å². The van der Waals surface area contributed by atoms with E-state index in [9.17, 15) is 0 Å². The van der Waals surface area contributed by atoms with Gasteiger partial charge < -0.3 is 15.1 Å². The zero-order chi connectivity index (χ0) is 24.8. The Morgan fingerprint density at radius 3 is 2.58 bits per heavy atom. The van der Waals surface area contributed by atoms with Crippen LogP contribution in [-0.2, 0) is 0 Å². The van der Waals surface area contributed by atoms with Gasteiger partial charge in [-0.2, -0.15) is 4.98 Å². The summed E-state index contributed by atoms with van der Waals surface area (Å²) in [7, 11) is 0. The molecule has 0 bridgehead atoms. The van der Waals surface area contributed by atoms with Crippen LogP contribution in [0.15, 0.2) is 42.5 Å². The first-order valence-corrected chi connectivity index (χ1v) is 14.2. The van der Waals surface area contributed by atoms with Gasteiger partial charge in [-0.15, -0.1) is 0 Å². The van der Waals surface area contributed by atoms with Crippen LogP contribution in [0.2, 0.25) is 10.0 Å². The van der Waals surface area contributed by atoms with E-state index in [0.29, 0.717) is 10.0 Å². The molecular formula is C29H35Cl2N5. The van der Waals surface area contributed by atoms with Gasteiger partial charge in [0.25, 0.3) is 0 Å². The summed E-state index contributed by atoms with van der Waals surface area (Å²) in [6.07, 6.45) is 5.49. The lowest BCUT2D eigenvalue weighted by molar-refractivity contribution is 0.0294. The predicted molar refractivity (Wildman–Crippen MR) is 150 cm³/mol. The second kappa shape index (κ2) is 10.00. The number of aromatic nitrogens is 2. The van der Waals surface area contributed by atoms with Gasteiger partial charge in [-0.3, -0.25) is 0 Å². The largest absolute Gasteiger partial charge is 0.363 e. The summed E-state index contributed by atoms with van der Waals surface area (Å²) in [4.78, 5) is 15.1. The lowest BCUT2D eigenvalue weighted by Gasteiger charge is -2.50. The molecule has 3 aliphatic rings. The summed E-state index contributed by atoms with van der Waals surface area (Å²) in [5.74, 6) is 4.13. The second-order valence-electron chi connectivity index (χ2n) is 11.2. The van der Waals surface area contributed by atoms with Crippen molar-refractivity contribution in [2.75, 3.05) is 36.4 Å². The molecule has 2 saturated heterocycles. The third-order valence-electron chi connectivity index (χ3n) is 8.59. The molecule has 3 heterocycles. The Morgan fingerprint density at radius 2 is 1.81 bits per heavy atom. The minimum atomic E-state index is -0.0208. The summed E-state index contributed by atoms with van der Waals surface area (Å²) in [6, 6.07) is 14.7. The van der Waals surface area contributed by atoms with E-state index in [1.165, 1.54) is 38.8 Å². The summed E-state index contributed by atoms with van der Waals surface area (Å²) in [5, 5.41) is 5.92. The fourth-order valence-electron chi connectivity index (χ4n) is 6.34. The summed E-state index contributed by atoms with van der Waals surface area (Å²) in [6.45, 7) is 9.16. The molecule has 1 N–H and O–H groups in total. The number of likely N-dealkylation sites (tertiary alicyclic amines) is 1. The van der Waals surface area contributed by atoms with Gasteiger partial charge in [-0.1, -0.05) is 48.3 Å². The first-order chi connectivity index (χ1) is 17.4. The van der Waals surface area contributed by atoms with Gasteiger partial charge in [0.1, 0.15) is 5.82 Å². The third-order valence-corrected chi connectivity index (χ3v) is 9.15. The number of para-hydroxylation sites is 1.